The molecule has 0 spiro atoms. The number of hydrazine groups is 1. The average molecular weight is 282 g/mol. The van der Waals surface area contributed by atoms with Gasteiger partial charge in [-0.15, -0.1) is 0 Å². The zero-order chi connectivity index (χ0) is 14.7. The zero-order valence-electron chi connectivity index (χ0n) is 10.5. The molecule has 5 N–H and O–H groups in total. The third-order valence-electron chi connectivity index (χ3n) is 2.93. The van der Waals surface area contributed by atoms with E-state index in [0.717, 1.165) is 0 Å². The molecule has 1 atom stereocenters. The molecule has 1 fully saturated rings. The highest BCUT2D eigenvalue weighted by atomic mass is 16.6. The second-order valence-electron chi connectivity index (χ2n) is 4.13. The summed E-state index contributed by atoms with van der Waals surface area (Å²) in [4.78, 5) is 27.5. The Labute approximate surface area is 113 Å². The fourth-order valence-electron chi connectivity index (χ4n) is 1.97. The summed E-state index contributed by atoms with van der Waals surface area (Å²) in [5, 5.41) is 11.1. The Bertz CT molecular complexity index is 536. The number of morpholine rings is 1. The lowest BCUT2D eigenvalue weighted by Crippen LogP contribution is -2.53. The first-order valence-corrected chi connectivity index (χ1v) is 5.80. The summed E-state index contributed by atoms with van der Waals surface area (Å²) in [6.45, 7) is 0.660. The maximum absolute atomic E-state index is 11.4. The molecule has 1 saturated heterocycles. The highest BCUT2D eigenvalue weighted by molar-refractivity contribution is 5.84. The number of amides is 1. The van der Waals surface area contributed by atoms with E-state index in [-0.39, 0.29) is 30.5 Å². The van der Waals surface area contributed by atoms with Crippen molar-refractivity contribution in [2.45, 2.75) is 6.04 Å². The van der Waals surface area contributed by atoms with E-state index < -0.39 is 16.9 Å². The van der Waals surface area contributed by atoms with Crippen LogP contribution < -0.4 is 21.9 Å². The normalized spacial score (nSPS) is 18.6. The number of nitro groups is 1. The molecule has 10 nitrogen and oxygen atoms in total. The topological polar surface area (TPSA) is 150 Å². The molecule has 10 heteroatoms. The number of anilines is 2. The number of ether oxygens (including phenoxy) is 1. The van der Waals surface area contributed by atoms with Crippen molar-refractivity contribution in [2.75, 3.05) is 30.1 Å². The van der Waals surface area contributed by atoms with E-state index in [1.54, 1.807) is 0 Å². The van der Waals surface area contributed by atoms with Crippen LogP contribution >= 0.6 is 0 Å². The van der Waals surface area contributed by atoms with Gasteiger partial charge in [-0.1, -0.05) is 0 Å². The number of pyridine rings is 1. The maximum atomic E-state index is 11.4. The van der Waals surface area contributed by atoms with Crippen LogP contribution in [0.15, 0.2) is 12.1 Å². The first-order chi connectivity index (χ1) is 9.54. The minimum absolute atomic E-state index is 0.0394. The van der Waals surface area contributed by atoms with Crippen molar-refractivity contribution < 1.29 is 14.5 Å². The number of hydrogen-bond donors (Lipinski definition) is 3. The average Bonchev–Trinajstić information content (AvgIpc) is 2.46. The second kappa shape index (κ2) is 5.67. The fraction of sp³-hybridized carbons (Fsp3) is 0.400. The molecule has 0 radical (unpaired) electrons. The molecule has 1 aromatic heterocycles. The van der Waals surface area contributed by atoms with Crippen LogP contribution in [0.2, 0.25) is 0 Å². The van der Waals surface area contributed by atoms with Crippen LogP contribution in [0.4, 0.5) is 17.3 Å². The minimum atomic E-state index is -0.803. The number of primary amides is 1. The van der Waals surface area contributed by atoms with Gasteiger partial charge in [0, 0.05) is 12.6 Å². The summed E-state index contributed by atoms with van der Waals surface area (Å²) in [6, 6.07) is 1.84. The highest BCUT2D eigenvalue weighted by Gasteiger charge is 2.33. The Morgan fingerprint density at radius 3 is 2.95 bits per heavy atom. The molecular formula is C10H14N6O4. The summed E-state index contributed by atoms with van der Waals surface area (Å²) in [6.07, 6.45) is 0. The predicted molar refractivity (Wildman–Crippen MR) is 69.8 cm³/mol. The SMILES string of the molecule is NNc1ccc([N+](=O)[O-])c(N2CCOCC2C(N)=O)n1. The lowest BCUT2D eigenvalue weighted by Gasteiger charge is -2.34. The van der Waals surface area contributed by atoms with E-state index in [2.05, 4.69) is 10.4 Å². The van der Waals surface area contributed by atoms with E-state index in [1.807, 2.05) is 0 Å². The molecule has 0 aromatic carbocycles. The molecule has 20 heavy (non-hydrogen) atoms. The maximum Gasteiger partial charge on any atom is 0.311 e. The number of aromatic nitrogens is 1. The Balaban J connectivity index is 2.47. The number of nitrogens with one attached hydrogen (secondary N) is 1. The second-order valence-corrected chi connectivity index (χ2v) is 4.13. The molecule has 2 rings (SSSR count). The monoisotopic (exact) mass is 282 g/mol. The fourth-order valence-corrected chi connectivity index (χ4v) is 1.97. The summed E-state index contributed by atoms with van der Waals surface area (Å²) < 4.78 is 5.17. The van der Waals surface area contributed by atoms with Crippen molar-refractivity contribution in [1.29, 1.82) is 0 Å². The highest BCUT2D eigenvalue weighted by Crippen LogP contribution is 2.29. The molecule has 1 aromatic rings. The van der Waals surface area contributed by atoms with Crippen molar-refractivity contribution in [3.05, 3.63) is 22.2 Å². The van der Waals surface area contributed by atoms with E-state index in [1.165, 1.54) is 17.0 Å². The van der Waals surface area contributed by atoms with Crippen LogP contribution in [0.5, 0.6) is 0 Å². The number of rotatable bonds is 4. The quantitative estimate of drug-likeness (QED) is 0.360. The largest absolute Gasteiger partial charge is 0.377 e. The van der Waals surface area contributed by atoms with Crippen LogP contribution in [0.3, 0.4) is 0 Å². The molecule has 1 amide bonds. The summed E-state index contributed by atoms with van der Waals surface area (Å²) >= 11 is 0. The van der Waals surface area contributed by atoms with Crippen LogP contribution in [0.25, 0.3) is 0 Å². The number of nitrogens with two attached hydrogens (primary N) is 2. The van der Waals surface area contributed by atoms with Crippen LogP contribution in [0, 0.1) is 10.1 Å². The van der Waals surface area contributed by atoms with Crippen molar-refractivity contribution in [1.82, 2.24) is 4.98 Å². The van der Waals surface area contributed by atoms with Crippen molar-refractivity contribution in [2.24, 2.45) is 11.6 Å². The standard InChI is InChI=1S/C10H14N6O4/c11-9(17)7-5-20-4-3-15(7)10-6(16(18)19)1-2-8(13-10)14-12/h1-2,7H,3-5,12H2,(H2,11,17)(H,13,14). The van der Waals surface area contributed by atoms with Gasteiger partial charge in [-0.25, -0.2) is 10.8 Å². The molecule has 1 aliphatic rings. The third kappa shape index (κ3) is 2.60. The van der Waals surface area contributed by atoms with Crippen LogP contribution in [0.1, 0.15) is 0 Å². The van der Waals surface area contributed by atoms with Gasteiger partial charge in [0.15, 0.2) is 0 Å². The Morgan fingerprint density at radius 2 is 2.35 bits per heavy atom. The number of carbonyl (C=O) groups is 1. The van der Waals surface area contributed by atoms with Crippen LogP contribution in [-0.4, -0.2) is 41.6 Å². The van der Waals surface area contributed by atoms with Gasteiger partial charge in [-0.05, 0) is 6.07 Å². The van der Waals surface area contributed by atoms with Crippen molar-refractivity contribution >= 4 is 23.2 Å². The zero-order valence-corrected chi connectivity index (χ0v) is 10.5. The summed E-state index contributed by atoms with van der Waals surface area (Å²) in [5.74, 6) is 4.91. The first kappa shape index (κ1) is 14.0. The van der Waals surface area contributed by atoms with Gasteiger partial charge in [-0.2, -0.15) is 0 Å². The Kier molecular flexibility index (Phi) is 3.96. The van der Waals surface area contributed by atoms with Gasteiger partial charge in [0.1, 0.15) is 11.9 Å². The Hall–Kier alpha value is -2.46. The van der Waals surface area contributed by atoms with Crippen molar-refractivity contribution in [3.63, 3.8) is 0 Å². The third-order valence-corrected chi connectivity index (χ3v) is 2.93. The van der Waals surface area contributed by atoms with Gasteiger partial charge >= 0.3 is 5.69 Å². The first-order valence-electron chi connectivity index (χ1n) is 5.80. The molecule has 0 bridgehead atoms. The van der Waals surface area contributed by atoms with Gasteiger partial charge in [0.25, 0.3) is 0 Å². The predicted octanol–water partition coefficient (Wildman–Crippen LogP) is -1.03. The smallest absolute Gasteiger partial charge is 0.311 e. The molecular weight excluding hydrogens is 268 g/mol. The molecule has 108 valence electrons. The minimum Gasteiger partial charge on any atom is -0.377 e. The molecule has 1 unspecified atom stereocenters. The van der Waals surface area contributed by atoms with E-state index >= 15 is 0 Å². The van der Waals surface area contributed by atoms with Gasteiger partial charge in [0.2, 0.25) is 11.7 Å². The van der Waals surface area contributed by atoms with E-state index in [4.69, 9.17) is 16.3 Å². The van der Waals surface area contributed by atoms with Crippen LogP contribution in [-0.2, 0) is 9.53 Å². The molecule has 0 saturated carbocycles. The number of carbonyl (C=O) groups excluding carboxylic acids is 1. The lowest BCUT2D eigenvalue weighted by atomic mass is 10.2. The summed E-state index contributed by atoms with van der Waals surface area (Å²) in [7, 11) is 0. The van der Waals surface area contributed by atoms with E-state index in [9.17, 15) is 14.9 Å². The van der Waals surface area contributed by atoms with Crippen molar-refractivity contribution in [3.8, 4) is 0 Å². The van der Waals surface area contributed by atoms with E-state index in [0.29, 0.717) is 6.61 Å². The number of hydrogen-bond acceptors (Lipinski definition) is 8. The molecule has 1 aliphatic heterocycles. The number of nitrogen functional groups attached to an aromatic ring is 1. The lowest BCUT2D eigenvalue weighted by molar-refractivity contribution is -0.384. The van der Waals surface area contributed by atoms with Gasteiger partial charge < -0.3 is 20.8 Å². The summed E-state index contributed by atoms with van der Waals surface area (Å²) in [5.41, 5.74) is 7.38. The molecule has 2 heterocycles. The molecule has 0 aliphatic carbocycles. The van der Waals surface area contributed by atoms with Gasteiger partial charge in [-0.3, -0.25) is 14.9 Å². The van der Waals surface area contributed by atoms with Gasteiger partial charge in [0.05, 0.1) is 18.1 Å². The Morgan fingerprint density at radius 1 is 1.60 bits per heavy atom. The number of nitrogens with zero attached hydrogens (tertiary/aromatic N) is 3.